The third-order valence-corrected chi connectivity index (χ3v) is 6.64. The molecule has 2 aromatic carbocycles. The summed E-state index contributed by atoms with van der Waals surface area (Å²) in [5.41, 5.74) is 1.000. The monoisotopic (exact) mass is 308 g/mol. The summed E-state index contributed by atoms with van der Waals surface area (Å²) in [5, 5.41) is 0.0725. The molecule has 0 bridgehead atoms. The largest absolute Gasteiger partial charge is 0.497 e. The molecule has 20 heavy (non-hydrogen) atoms. The number of methoxy groups -OCH3 is 1. The Hall–Kier alpha value is -1.14. The molecule has 0 radical (unpaired) electrons. The predicted molar refractivity (Wildman–Crippen MR) is 84.0 cm³/mol. The lowest BCUT2D eigenvalue weighted by molar-refractivity contribution is 0.412. The Morgan fingerprint density at radius 3 is 2.60 bits per heavy atom. The fourth-order valence-corrected chi connectivity index (χ4v) is 5.91. The molecule has 0 saturated heterocycles. The Bertz CT molecular complexity index is 614. The number of fused-ring (bicyclic) bond motifs is 1. The van der Waals surface area contributed by atoms with Crippen molar-refractivity contribution in [2.45, 2.75) is 15.0 Å². The summed E-state index contributed by atoms with van der Waals surface area (Å²) in [4.78, 5) is 1.77. The lowest BCUT2D eigenvalue weighted by Gasteiger charge is -2.27. The summed E-state index contributed by atoms with van der Waals surface area (Å²) in [6.45, 7) is 0. The minimum Gasteiger partial charge on any atom is -0.497 e. The van der Waals surface area contributed by atoms with Gasteiger partial charge in [0.25, 0.3) is 0 Å². The van der Waals surface area contributed by atoms with Gasteiger partial charge in [-0.15, -0.1) is 11.8 Å². The first-order chi connectivity index (χ1) is 9.60. The van der Waals surface area contributed by atoms with Crippen molar-refractivity contribution >= 4 is 22.4 Å². The van der Waals surface area contributed by atoms with E-state index in [2.05, 4.69) is 0 Å². The Morgan fingerprint density at radius 1 is 1.15 bits per heavy atom. The van der Waals surface area contributed by atoms with Crippen molar-refractivity contribution in [3.63, 3.8) is 0 Å². The highest BCUT2D eigenvalue weighted by atomic mass is 32.3. The molecule has 0 saturated carbocycles. The molecule has 106 valence electrons. The highest BCUT2D eigenvalue weighted by molar-refractivity contribution is 8.25. The number of hydrogen-bond acceptors (Lipinski definition) is 4. The third kappa shape index (κ3) is 2.54. The third-order valence-electron chi connectivity index (χ3n) is 3.33. The molecule has 0 spiro atoms. The number of rotatable bonds is 3. The van der Waals surface area contributed by atoms with E-state index in [1.807, 2.05) is 42.5 Å². The van der Waals surface area contributed by atoms with E-state index >= 15 is 0 Å². The quantitative estimate of drug-likeness (QED) is 0.866. The molecular weight excluding hydrogens is 292 g/mol. The van der Waals surface area contributed by atoms with Crippen LogP contribution >= 0.6 is 22.4 Å². The molecular formula is C15H16O3S2. The SMILES string of the molecule is COc1ccc2c(c1)S(O)(O)CC2Sc1ccccc1. The van der Waals surface area contributed by atoms with E-state index in [0.717, 1.165) is 10.5 Å². The van der Waals surface area contributed by atoms with E-state index in [-0.39, 0.29) is 5.25 Å². The van der Waals surface area contributed by atoms with Gasteiger partial charge < -0.3 is 4.74 Å². The molecule has 5 heteroatoms. The van der Waals surface area contributed by atoms with Gasteiger partial charge >= 0.3 is 0 Å². The molecule has 0 aromatic heterocycles. The number of benzene rings is 2. The van der Waals surface area contributed by atoms with E-state index in [0.29, 0.717) is 16.4 Å². The molecule has 1 aliphatic rings. The van der Waals surface area contributed by atoms with Gasteiger partial charge in [-0.2, -0.15) is 10.6 Å². The van der Waals surface area contributed by atoms with Crippen molar-refractivity contribution in [3.05, 3.63) is 54.1 Å². The fourth-order valence-electron chi connectivity index (χ4n) is 2.34. The van der Waals surface area contributed by atoms with Crippen LogP contribution in [0.3, 0.4) is 0 Å². The maximum atomic E-state index is 10.3. The van der Waals surface area contributed by atoms with Crippen LogP contribution in [-0.4, -0.2) is 22.0 Å². The Labute approximate surface area is 124 Å². The average Bonchev–Trinajstić information content (AvgIpc) is 2.71. The van der Waals surface area contributed by atoms with Crippen LogP contribution in [0.15, 0.2) is 58.3 Å². The van der Waals surface area contributed by atoms with Crippen LogP contribution in [0.5, 0.6) is 5.75 Å². The topological polar surface area (TPSA) is 49.7 Å². The molecule has 2 N–H and O–H groups in total. The maximum Gasteiger partial charge on any atom is 0.120 e. The fraction of sp³-hybridized carbons (Fsp3) is 0.200. The van der Waals surface area contributed by atoms with Crippen LogP contribution in [0.25, 0.3) is 0 Å². The highest BCUT2D eigenvalue weighted by Gasteiger charge is 2.35. The standard InChI is InChI=1S/C15H16O3S2/c1-18-11-7-8-13-14(10-20(16,17)15(13)9-11)19-12-5-3-2-4-6-12/h2-9,14,16-17H,10H2,1H3. The van der Waals surface area contributed by atoms with Crippen molar-refractivity contribution in [1.29, 1.82) is 0 Å². The van der Waals surface area contributed by atoms with Crippen molar-refractivity contribution in [3.8, 4) is 5.75 Å². The summed E-state index contributed by atoms with van der Waals surface area (Å²) >= 11 is 1.67. The number of hydrogen-bond donors (Lipinski definition) is 2. The van der Waals surface area contributed by atoms with E-state index < -0.39 is 10.6 Å². The lowest BCUT2D eigenvalue weighted by atomic mass is 10.1. The van der Waals surface area contributed by atoms with Crippen LogP contribution in [-0.2, 0) is 0 Å². The van der Waals surface area contributed by atoms with Gasteiger partial charge in [-0.3, -0.25) is 9.11 Å². The van der Waals surface area contributed by atoms with Gasteiger partial charge in [-0.1, -0.05) is 24.3 Å². The molecule has 3 nitrogen and oxygen atoms in total. The normalized spacial score (nSPS) is 21.2. The summed E-state index contributed by atoms with van der Waals surface area (Å²) in [7, 11) is -1.13. The molecule has 1 aliphatic heterocycles. The molecule has 0 fully saturated rings. The van der Waals surface area contributed by atoms with Gasteiger partial charge in [-0.05, 0) is 23.8 Å². The minimum atomic E-state index is -2.71. The highest BCUT2D eigenvalue weighted by Crippen LogP contribution is 2.63. The molecule has 0 aliphatic carbocycles. The summed E-state index contributed by atoms with van der Waals surface area (Å²) in [6, 6.07) is 15.6. The van der Waals surface area contributed by atoms with Gasteiger partial charge in [0.15, 0.2) is 0 Å². The second-order valence-electron chi connectivity index (χ2n) is 4.66. The summed E-state index contributed by atoms with van der Waals surface area (Å²) in [6.07, 6.45) is 0. The van der Waals surface area contributed by atoms with Crippen molar-refractivity contribution in [2.24, 2.45) is 0 Å². The van der Waals surface area contributed by atoms with Gasteiger partial charge in [0.05, 0.1) is 23.0 Å². The second-order valence-corrected chi connectivity index (χ2v) is 8.04. The second kappa shape index (κ2) is 5.33. The zero-order chi connectivity index (χ0) is 14.2. The Morgan fingerprint density at radius 2 is 1.90 bits per heavy atom. The predicted octanol–water partition coefficient (Wildman–Crippen LogP) is 4.65. The molecule has 0 amide bonds. The number of thioether (sulfide) groups is 1. The van der Waals surface area contributed by atoms with Crippen LogP contribution in [0.1, 0.15) is 10.8 Å². The van der Waals surface area contributed by atoms with Crippen molar-refractivity contribution in [2.75, 3.05) is 12.9 Å². The van der Waals surface area contributed by atoms with Crippen LogP contribution in [0.4, 0.5) is 0 Å². The minimum absolute atomic E-state index is 0.0725. The van der Waals surface area contributed by atoms with Crippen molar-refractivity contribution in [1.82, 2.24) is 0 Å². The van der Waals surface area contributed by atoms with Gasteiger partial charge in [0.1, 0.15) is 5.75 Å². The van der Waals surface area contributed by atoms with Crippen LogP contribution < -0.4 is 4.74 Å². The Balaban J connectivity index is 1.94. The molecule has 1 unspecified atom stereocenters. The zero-order valence-electron chi connectivity index (χ0n) is 11.0. The number of ether oxygens (including phenoxy) is 1. The molecule has 1 atom stereocenters. The lowest BCUT2D eigenvalue weighted by Crippen LogP contribution is -1.98. The van der Waals surface area contributed by atoms with Gasteiger partial charge in [0, 0.05) is 11.0 Å². The average molecular weight is 308 g/mol. The smallest absolute Gasteiger partial charge is 0.120 e. The Kier molecular flexibility index (Phi) is 3.69. The van der Waals surface area contributed by atoms with Crippen LogP contribution in [0.2, 0.25) is 0 Å². The molecule has 2 aromatic rings. The summed E-state index contributed by atoms with van der Waals surface area (Å²) < 4.78 is 25.7. The van der Waals surface area contributed by atoms with E-state index in [9.17, 15) is 9.11 Å². The zero-order valence-corrected chi connectivity index (χ0v) is 12.7. The van der Waals surface area contributed by atoms with Crippen LogP contribution in [0, 0.1) is 0 Å². The molecule has 3 rings (SSSR count). The first-order valence-corrected chi connectivity index (χ1v) is 8.85. The van der Waals surface area contributed by atoms with E-state index in [4.69, 9.17) is 4.74 Å². The first kappa shape index (κ1) is 13.8. The maximum absolute atomic E-state index is 10.3. The van der Waals surface area contributed by atoms with Crippen molar-refractivity contribution < 1.29 is 13.8 Å². The van der Waals surface area contributed by atoms with E-state index in [1.54, 1.807) is 24.9 Å². The van der Waals surface area contributed by atoms with Gasteiger partial charge in [0.2, 0.25) is 0 Å². The van der Waals surface area contributed by atoms with E-state index in [1.165, 1.54) is 0 Å². The molecule has 1 heterocycles. The first-order valence-electron chi connectivity index (χ1n) is 6.26. The summed E-state index contributed by atoms with van der Waals surface area (Å²) in [5.74, 6) is 1.03. The van der Waals surface area contributed by atoms with Gasteiger partial charge in [-0.25, -0.2) is 0 Å².